The summed E-state index contributed by atoms with van der Waals surface area (Å²) in [7, 11) is 0. The number of aliphatic hydroxyl groups is 1. The smallest absolute Gasteiger partial charge is 0.0941 e. The summed E-state index contributed by atoms with van der Waals surface area (Å²) in [6.07, 6.45) is 4.25. The molecule has 0 saturated carbocycles. The molecule has 1 saturated heterocycles. The Hall–Kier alpha value is -2.24. The van der Waals surface area contributed by atoms with E-state index in [1.807, 2.05) is 24.4 Å². The van der Waals surface area contributed by atoms with Gasteiger partial charge in [-0.3, -0.25) is 9.67 Å². The molecule has 3 aromatic rings. The average molecular weight is 334 g/mol. The maximum Gasteiger partial charge on any atom is 0.0941 e. The van der Waals surface area contributed by atoms with Crippen molar-refractivity contribution in [3.63, 3.8) is 0 Å². The average Bonchev–Trinajstić information content (AvgIpc) is 3.32. The van der Waals surface area contributed by atoms with Crippen molar-refractivity contribution in [2.24, 2.45) is 0 Å². The van der Waals surface area contributed by atoms with E-state index in [9.17, 15) is 5.11 Å². The topological polar surface area (TPSA) is 54.2 Å². The van der Waals surface area contributed by atoms with Gasteiger partial charge in [-0.05, 0) is 37.6 Å². The maximum absolute atomic E-state index is 9.23. The highest BCUT2D eigenvalue weighted by atomic mass is 16.3. The van der Waals surface area contributed by atoms with E-state index in [1.54, 1.807) is 0 Å². The van der Waals surface area contributed by atoms with Crippen molar-refractivity contribution in [3.05, 3.63) is 48.3 Å². The Balaban J connectivity index is 1.50. The van der Waals surface area contributed by atoms with Crippen LogP contribution >= 0.6 is 0 Å². The molecule has 1 fully saturated rings. The summed E-state index contributed by atoms with van der Waals surface area (Å²) in [6, 6.07) is 12.6. The van der Waals surface area contributed by atoms with E-state index in [2.05, 4.69) is 32.8 Å². The van der Waals surface area contributed by atoms with E-state index < -0.39 is 0 Å². The van der Waals surface area contributed by atoms with Gasteiger partial charge < -0.3 is 10.0 Å². The van der Waals surface area contributed by atoms with Crippen molar-refractivity contribution >= 4 is 10.9 Å². The molecule has 0 radical (unpaired) electrons. The third kappa shape index (κ3) is 2.38. The monoisotopic (exact) mass is 334 g/mol. The van der Waals surface area contributed by atoms with Crippen LogP contribution in [-0.2, 0) is 12.0 Å². The van der Waals surface area contributed by atoms with Crippen LogP contribution in [0.25, 0.3) is 22.2 Å². The molecule has 1 aromatic carbocycles. The number of hydrogen-bond donors (Lipinski definition) is 1. The van der Waals surface area contributed by atoms with Gasteiger partial charge in [0.2, 0.25) is 0 Å². The molecule has 0 amide bonds. The molecule has 2 aliphatic rings. The van der Waals surface area contributed by atoms with Crippen LogP contribution in [0, 0.1) is 0 Å². The molecular formula is C20H22N4O. The van der Waals surface area contributed by atoms with E-state index >= 15 is 0 Å². The normalized spacial score (nSPS) is 22.9. The Morgan fingerprint density at radius 1 is 1.12 bits per heavy atom. The third-order valence-corrected chi connectivity index (χ3v) is 5.86. The van der Waals surface area contributed by atoms with E-state index in [4.69, 9.17) is 5.10 Å². The van der Waals surface area contributed by atoms with E-state index in [0.717, 1.165) is 61.2 Å². The van der Waals surface area contributed by atoms with Crippen LogP contribution in [0.3, 0.4) is 0 Å². The fourth-order valence-corrected chi connectivity index (χ4v) is 4.52. The maximum atomic E-state index is 9.23. The molecule has 5 rings (SSSR count). The molecule has 5 heteroatoms. The molecule has 128 valence electrons. The van der Waals surface area contributed by atoms with Gasteiger partial charge in [-0.1, -0.05) is 18.2 Å². The summed E-state index contributed by atoms with van der Waals surface area (Å²) in [6.45, 7) is 4.11. The van der Waals surface area contributed by atoms with Crippen LogP contribution in [0.2, 0.25) is 0 Å². The van der Waals surface area contributed by atoms with Gasteiger partial charge >= 0.3 is 0 Å². The molecule has 1 atom stereocenters. The van der Waals surface area contributed by atoms with E-state index in [0.29, 0.717) is 0 Å². The first-order valence-corrected chi connectivity index (χ1v) is 9.04. The second-order valence-electron chi connectivity index (χ2n) is 7.33. The zero-order chi connectivity index (χ0) is 16.9. The summed E-state index contributed by atoms with van der Waals surface area (Å²) in [5.41, 5.74) is 4.69. The quantitative estimate of drug-likeness (QED) is 0.799. The molecular weight excluding hydrogens is 312 g/mol. The molecule has 1 N–H and O–H groups in total. The number of benzene rings is 1. The number of rotatable bonds is 3. The second-order valence-corrected chi connectivity index (χ2v) is 7.33. The van der Waals surface area contributed by atoms with Crippen LogP contribution in [0.15, 0.2) is 42.6 Å². The molecule has 2 aromatic heterocycles. The van der Waals surface area contributed by atoms with Gasteiger partial charge in [0.1, 0.15) is 0 Å². The van der Waals surface area contributed by atoms with Crippen molar-refractivity contribution in [3.8, 4) is 11.3 Å². The predicted octanol–water partition coefficient (Wildman–Crippen LogP) is 2.44. The minimum Gasteiger partial charge on any atom is -0.395 e. The number of para-hydroxylation sites is 1. The van der Waals surface area contributed by atoms with Gasteiger partial charge in [-0.2, -0.15) is 5.10 Å². The molecule has 2 aliphatic heterocycles. The van der Waals surface area contributed by atoms with Crippen LogP contribution in [0.5, 0.6) is 0 Å². The minimum absolute atomic E-state index is 0.213. The van der Waals surface area contributed by atoms with E-state index in [-0.39, 0.29) is 12.0 Å². The van der Waals surface area contributed by atoms with Crippen LogP contribution in [0.4, 0.5) is 0 Å². The number of likely N-dealkylation sites (tertiary alicyclic amines) is 1. The van der Waals surface area contributed by atoms with Crippen molar-refractivity contribution in [1.29, 1.82) is 0 Å². The number of β-amino-alcohol motifs (C(OH)–C–C–N with tert-alkyl or cyclic N) is 1. The molecule has 25 heavy (non-hydrogen) atoms. The van der Waals surface area contributed by atoms with Gasteiger partial charge in [0.15, 0.2) is 0 Å². The highest BCUT2D eigenvalue weighted by Crippen LogP contribution is 2.43. The number of hydrogen-bond acceptors (Lipinski definition) is 4. The Bertz CT molecular complexity index is 934. The standard InChI is InChI=1S/C20H22N4O/c25-10-9-23-7-5-20(14-23)6-8-24-19(20)12-18(22-24)16-11-15-3-1-2-4-17(15)21-13-16/h1-4,11-13,25H,5-10,14H2. The number of pyridine rings is 1. The lowest BCUT2D eigenvalue weighted by molar-refractivity contribution is 0.213. The predicted molar refractivity (Wildman–Crippen MR) is 97.4 cm³/mol. The summed E-state index contributed by atoms with van der Waals surface area (Å²) in [5, 5.41) is 15.2. The fraction of sp³-hybridized carbons (Fsp3) is 0.400. The first-order chi connectivity index (χ1) is 12.3. The first-order valence-electron chi connectivity index (χ1n) is 9.04. The first kappa shape index (κ1) is 15.0. The SMILES string of the molecule is OCCN1CCC2(CCn3nc(-c4cnc5ccccc5c4)cc32)C1. The highest BCUT2D eigenvalue weighted by Gasteiger charge is 2.45. The number of fused-ring (bicyclic) bond motifs is 3. The molecule has 1 spiro atoms. The van der Waals surface area contributed by atoms with E-state index in [1.165, 1.54) is 5.69 Å². The van der Waals surface area contributed by atoms with Gasteiger partial charge in [-0.15, -0.1) is 0 Å². The van der Waals surface area contributed by atoms with Gasteiger partial charge in [0.25, 0.3) is 0 Å². The van der Waals surface area contributed by atoms with Gasteiger partial charge in [-0.25, -0.2) is 0 Å². The summed E-state index contributed by atoms with van der Waals surface area (Å²) < 4.78 is 2.19. The van der Waals surface area contributed by atoms with Crippen molar-refractivity contribution < 1.29 is 5.11 Å². The summed E-state index contributed by atoms with van der Waals surface area (Å²) >= 11 is 0. The zero-order valence-electron chi connectivity index (χ0n) is 14.2. The number of aliphatic hydroxyl groups excluding tert-OH is 1. The summed E-state index contributed by atoms with van der Waals surface area (Å²) in [5.74, 6) is 0. The Morgan fingerprint density at radius 2 is 2.00 bits per heavy atom. The van der Waals surface area contributed by atoms with Crippen molar-refractivity contribution in [2.45, 2.75) is 24.8 Å². The number of aromatic nitrogens is 3. The lowest BCUT2D eigenvalue weighted by atomic mass is 9.82. The van der Waals surface area contributed by atoms with Crippen LogP contribution in [0.1, 0.15) is 18.5 Å². The Morgan fingerprint density at radius 3 is 2.92 bits per heavy atom. The van der Waals surface area contributed by atoms with Crippen LogP contribution in [-0.4, -0.2) is 51.0 Å². The van der Waals surface area contributed by atoms with Gasteiger partial charge in [0.05, 0.1) is 17.8 Å². The fourth-order valence-electron chi connectivity index (χ4n) is 4.52. The van der Waals surface area contributed by atoms with Crippen LogP contribution < -0.4 is 0 Å². The number of aryl methyl sites for hydroxylation is 1. The molecule has 1 unspecified atom stereocenters. The Kier molecular flexibility index (Phi) is 3.40. The second kappa shape index (κ2) is 5.64. The molecule has 0 aliphatic carbocycles. The zero-order valence-corrected chi connectivity index (χ0v) is 14.2. The Labute approximate surface area is 146 Å². The lowest BCUT2D eigenvalue weighted by Crippen LogP contribution is -2.30. The largest absolute Gasteiger partial charge is 0.395 e. The third-order valence-electron chi connectivity index (χ3n) is 5.86. The molecule has 5 nitrogen and oxygen atoms in total. The minimum atomic E-state index is 0.213. The highest BCUT2D eigenvalue weighted by molar-refractivity contribution is 5.82. The molecule has 4 heterocycles. The molecule has 0 bridgehead atoms. The lowest BCUT2D eigenvalue weighted by Gasteiger charge is -2.23. The van der Waals surface area contributed by atoms with Crippen molar-refractivity contribution in [2.75, 3.05) is 26.2 Å². The summed E-state index contributed by atoms with van der Waals surface area (Å²) in [4.78, 5) is 6.96. The van der Waals surface area contributed by atoms with Gasteiger partial charge in [0, 0.05) is 47.9 Å². The number of nitrogens with zero attached hydrogens (tertiary/aromatic N) is 4. The van der Waals surface area contributed by atoms with Crippen molar-refractivity contribution in [1.82, 2.24) is 19.7 Å².